The van der Waals surface area contributed by atoms with Gasteiger partial charge in [-0.3, -0.25) is 9.62 Å². The first-order chi connectivity index (χ1) is 8.52. The molecule has 1 saturated heterocycles. The van der Waals surface area contributed by atoms with Crippen molar-refractivity contribution in [2.75, 3.05) is 27.4 Å². The highest BCUT2D eigenvalue weighted by Gasteiger charge is 2.20. The number of rotatable bonds is 4. The number of anilines is 2. The normalized spacial score (nSPS) is 15.6. The summed E-state index contributed by atoms with van der Waals surface area (Å²) in [5.74, 6) is 0. The number of nitrogens with zero attached hydrogens (tertiary/aromatic N) is 1. The summed E-state index contributed by atoms with van der Waals surface area (Å²) in [5.41, 5.74) is 1.21. The molecule has 8 heteroatoms. The van der Waals surface area contributed by atoms with E-state index in [4.69, 9.17) is 0 Å². The number of alkyl halides is 1. The monoisotopic (exact) mass is 333 g/mol. The second kappa shape index (κ2) is 5.15. The van der Waals surface area contributed by atoms with Gasteiger partial charge in [0.05, 0.1) is 0 Å². The van der Waals surface area contributed by atoms with Gasteiger partial charge in [-0.2, -0.15) is 0 Å². The Morgan fingerprint density at radius 2 is 2.00 bits per heavy atom. The van der Waals surface area contributed by atoms with E-state index in [0.29, 0.717) is 18.8 Å². The van der Waals surface area contributed by atoms with E-state index in [-0.39, 0.29) is 10.7 Å². The lowest BCUT2D eigenvalue weighted by molar-refractivity contribution is 0.252. The lowest BCUT2D eigenvalue weighted by atomic mass is 10.2. The number of carbonyl (C=O) groups is 1. The van der Waals surface area contributed by atoms with Gasteiger partial charge in [0.15, 0.2) is 0 Å². The minimum Gasteiger partial charge on any atom is -0.336 e. The lowest BCUT2D eigenvalue weighted by Gasteiger charge is -2.14. The van der Waals surface area contributed by atoms with Gasteiger partial charge in [0, 0.05) is 24.5 Å². The number of nitrogens with one attached hydrogen (secondary N) is 2. The van der Waals surface area contributed by atoms with E-state index in [1.165, 1.54) is 0 Å². The van der Waals surface area contributed by atoms with Gasteiger partial charge >= 0.3 is 6.03 Å². The average molecular weight is 334 g/mol. The number of hydrogen-bond donors (Lipinski definition) is 2. The molecule has 0 aromatic heterocycles. The van der Waals surface area contributed by atoms with Crippen LogP contribution in [0.1, 0.15) is 0 Å². The Balaban J connectivity index is 2.13. The van der Waals surface area contributed by atoms with Gasteiger partial charge in [-0.15, -0.1) is 0 Å². The molecule has 1 aliphatic rings. The quantitative estimate of drug-likeness (QED) is 0.815. The van der Waals surface area contributed by atoms with Crippen LogP contribution in [-0.2, 0) is 10.0 Å². The second-order valence-corrected chi connectivity index (χ2v) is 6.78. The van der Waals surface area contributed by atoms with Crippen molar-refractivity contribution in [3.8, 4) is 0 Å². The van der Waals surface area contributed by atoms with E-state index in [1.807, 2.05) is 0 Å². The van der Waals surface area contributed by atoms with Crippen LogP contribution in [0.25, 0.3) is 0 Å². The molecule has 6 nitrogen and oxygen atoms in total. The van der Waals surface area contributed by atoms with E-state index in [9.17, 15) is 13.2 Å². The van der Waals surface area contributed by atoms with Crippen LogP contribution in [-0.4, -0.2) is 32.2 Å². The number of carbonyl (C=O) groups excluding carboxylic acids is 1. The summed E-state index contributed by atoms with van der Waals surface area (Å²) in [6.45, 7) is 1.24. The molecule has 0 spiro atoms. The van der Waals surface area contributed by atoms with E-state index < -0.39 is 10.0 Å². The zero-order valence-electron chi connectivity index (χ0n) is 9.39. The molecule has 2 amide bonds. The Labute approximate surface area is 114 Å². The maximum atomic E-state index is 11.4. The summed E-state index contributed by atoms with van der Waals surface area (Å²) in [6.07, 6.45) is 0. The van der Waals surface area contributed by atoms with Crippen LogP contribution in [0.2, 0.25) is 0 Å². The molecule has 0 saturated carbocycles. The molecule has 2 N–H and O–H groups in total. The minimum atomic E-state index is -3.34. The Morgan fingerprint density at radius 3 is 2.50 bits per heavy atom. The SMILES string of the molecule is O=C1NCCN1c1ccc(NS(=O)(=O)CBr)cc1. The van der Waals surface area contributed by atoms with Crippen molar-refractivity contribution in [1.82, 2.24) is 5.32 Å². The van der Waals surface area contributed by atoms with E-state index >= 15 is 0 Å². The molecule has 1 aromatic carbocycles. The third kappa shape index (κ3) is 2.94. The Hall–Kier alpha value is -1.28. The summed E-state index contributed by atoms with van der Waals surface area (Å²) in [7, 11) is -3.34. The van der Waals surface area contributed by atoms with Gasteiger partial charge in [0.1, 0.15) is 4.66 Å². The first kappa shape index (κ1) is 13.2. The molecule has 1 aliphatic heterocycles. The maximum absolute atomic E-state index is 11.4. The van der Waals surface area contributed by atoms with Crippen molar-refractivity contribution < 1.29 is 13.2 Å². The Bertz CT molecular complexity index is 544. The molecule has 0 bridgehead atoms. The third-order valence-electron chi connectivity index (χ3n) is 2.45. The third-order valence-corrected chi connectivity index (χ3v) is 5.09. The van der Waals surface area contributed by atoms with Gasteiger partial charge in [0.25, 0.3) is 0 Å². The molecule has 2 rings (SSSR count). The molecule has 1 aromatic rings. The molecule has 0 aliphatic carbocycles. The predicted octanol–water partition coefficient (Wildman–Crippen LogP) is 1.31. The highest BCUT2D eigenvalue weighted by Crippen LogP contribution is 2.20. The van der Waals surface area contributed by atoms with Crippen molar-refractivity contribution in [3.05, 3.63) is 24.3 Å². The van der Waals surface area contributed by atoms with Crippen molar-refractivity contribution in [1.29, 1.82) is 0 Å². The van der Waals surface area contributed by atoms with Gasteiger partial charge < -0.3 is 5.32 Å². The zero-order chi connectivity index (χ0) is 13.2. The maximum Gasteiger partial charge on any atom is 0.321 e. The van der Waals surface area contributed by atoms with E-state index in [0.717, 1.165) is 5.69 Å². The van der Waals surface area contributed by atoms with Crippen LogP contribution in [0.5, 0.6) is 0 Å². The van der Waals surface area contributed by atoms with Crippen LogP contribution in [0.15, 0.2) is 24.3 Å². The number of halogens is 1. The van der Waals surface area contributed by atoms with E-state index in [2.05, 4.69) is 26.0 Å². The molecule has 0 atom stereocenters. The summed E-state index contributed by atoms with van der Waals surface area (Å²) in [5, 5.41) is 2.70. The largest absolute Gasteiger partial charge is 0.336 e. The van der Waals surface area contributed by atoms with Gasteiger partial charge in [-0.25, -0.2) is 13.2 Å². The fourth-order valence-electron chi connectivity index (χ4n) is 1.63. The average Bonchev–Trinajstić information content (AvgIpc) is 2.76. The Kier molecular flexibility index (Phi) is 3.76. The number of sulfonamides is 1. The number of benzene rings is 1. The molecule has 18 heavy (non-hydrogen) atoms. The molecular weight excluding hydrogens is 322 g/mol. The standard InChI is InChI=1S/C10H12BrN3O3S/c11-7-18(16,17)13-8-1-3-9(4-2-8)14-6-5-12-10(14)15/h1-4,13H,5-7H2,(H,12,15). The van der Waals surface area contributed by atoms with Crippen molar-refractivity contribution in [3.63, 3.8) is 0 Å². The van der Waals surface area contributed by atoms with Crippen molar-refractivity contribution in [2.24, 2.45) is 0 Å². The number of amides is 2. The number of urea groups is 1. The van der Waals surface area contributed by atoms with Crippen LogP contribution in [0.3, 0.4) is 0 Å². The fraction of sp³-hybridized carbons (Fsp3) is 0.300. The van der Waals surface area contributed by atoms with Crippen LogP contribution in [0.4, 0.5) is 16.2 Å². The molecule has 1 heterocycles. The zero-order valence-corrected chi connectivity index (χ0v) is 11.8. The van der Waals surface area contributed by atoms with Crippen molar-refractivity contribution >= 4 is 43.4 Å². The lowest BCUT2D eigenvalue weighted by Crippen LogP contribution is -2.27. The highest BCUT2D eigenvalue weighted by molar-refractivity contribution is 9.10. The summed E-state index contributed by atoms with van der Waals surface area (Å²) >= 11 is 2.89. The molecule has 0 radical (unpaired) electrons. The smallest absolute Gasteiger partial charge is 0.321 e. The van der Waals surface area contributed by atoms with Crippen LogP contribution in [0, 0.1) is 0 Å². The minimum absolute atomic E-state index is 0.135. The number of hydrogen-bond acceptors (Lipinski definition) is 3. The topological polar surface area (TPSA) is 78.5 Å². The molecule has 98 valence electrons. The predicted molar refractivity (Wildman–Crippen MR) is 73.5 cm³/mol. The second-order valence-electron chi connectivity index (χ2n) is 3.76. The first-order valence-corrected chi connectivity index (χ1v) is 8.01. The summed E-state index contributed by atoms with van der Waals surface area (Å²) < 4.78 is 24.9. The molecular formula is C10H12BrN3O3S. The van der Waals surface area contributed by atoms with Gasteiger partial charge in [-0.1, -0.05) is 15.9 Å². The van der Waals surface area contributed by atoms with Gasteiger partial charge in [-0.05, 0) is 24.3 Å². The van der Waals surface area contributed by atoms with Crippen LogP contribution >= 0.6 is 15.9 Å². The fourth-order valence-corrected chi connectivity index (χ4v) is 2.53. The van der Waals surface area contributed by atoms with Gasteiger partial charge in [0.2, 0.25) is 10.0 Å². The Morgan fingerprint density at radius 1 is 1.33 bits per heavy atom. The summed E-state index contributed by atoms with van der Waals surface area (Å²) in [6, 6.07) is 6.53. The highest BCUT2D eigenvalue weighted by atomic mass is 79.9. The first-order valence-electron chi connectivity index (χ1n) is 5.24. The van der Waals surface area contributed by atoms with E-state index in [1.54, 1.807) is 29.2 Å². The molecule has 1 fully saturated rings. The summed E-state index contributed by atoms with van der Waals surface area (Å²) in [4.78, 5) is 13.0. The van der Waals surface area contributed by atoms with Crippen LogP contribution < -0.4 is 14.9 Å². The van der Waals surface area contributed by atoms with Crippen molar-refractivity contribution in [2.45, 2.75) is 0 Å². The molecule has 0 unspecified atom stereocenters.